The van der Waals surface area contributed by atoms with E-state index in [1.807, 2.05) is 5.38 Å². The topological polar surface area (TPSA) is 60.5 Å². The maximum absolute atomic E-state index is 13.9. The molecule has 3 aromatic rings. The van der Waals surface area contributed by atoms with Gasteiger partial charge in [-0.15, -0.1) is 11.3 Å². The number of anilines is 1. The summed E-state index contributed by atoms with van der Waals surface area (Å²) in [6, 6.07) is 9.43. The van der Waals surface area contributed by atoms with Gasteiger partial charge in [0, 0.05) is 10.9 Å². The number of halogens is 1. The average molecular weight is 372 g/mol. The summed E-state index contributed by atoms with van der Waals surface area (Å²) >= 11 is 1.49. The fraction of sp³-hybridized carbons (Fsp3) is 0.158. The lowest BCUT2D eigenvalue weighted by Gasteiger charge is -2.12. The molecule has 1 amide bonds. The predicted octanol–water partition coefficient (Wildman–Crippen LogP) is 4.43. The number of hydrogen-bond acceptors (Lipinski definition) is 5. The van der Waals surface area contributed by atoms with Crippen molar-refractivity contribution in [2.75, 3.05) is 12.4 Å². The molecule has 0 aliphatic rings. The second-order valence-electron chi connectivity index (χ2n) is 5.57. The van der Waals surface area contributed by atoms with Gasteiger partial charge in [0.2, 0.25) is 0 Å². The molecule has 0 radical (unpaired) electrons. The fourth-order valence-corrected chi connectivity index (χ4v) is 2.85. The van der Waals surface area contributed by atoms with Crippen LogP contribution in [0.1, 0.15) is 21.6 Å². The van der Waals surface area contributed by atoms with E-state index in [0.29, 0.717) is 23.7 Å². The number of amides is 1. The highest BCUT2D eigenvalue weighted by Crippen LogP contribution is 2.29. The van der Waals surface area contributed by atoms with E-state index in [9.17, 15) is 9.18 Å². The first-order valence-corrected chi connectivity index (χ1v) is 8.76. The SMILES string of the molecule is COc1cc(C(=O)Nc2ccc(C)cc2F)ccc1OCc1cscn1. The van der Waals surface area contributed by atoms with Crippen molar-refractivity contribution in [3.63, 3.8) is 0 Å². The van der Waals surface area contributed by atoms with Gasteiger partial charge in [-0.3, -0.25) is 4.79 Å². The first-order valence-electron chi connectivity index (χ1n) is 7.82. The number of thiazole rings is 1. The van der Waals surface area contributed by atoms with Gasteiger partial charge < -0.3 is 14.8 Å². The molecule has 0 spiro atoms. The van der Waals surface area contributed by atoms with Crippen molar-refractivity contribution in [1.29, 1.82) is 0 Å². The van der Waals surface area contributed by atoms with E-state index in [0.717, 1.165) is 11.3 Å². The normalized spacial score (nSPS) is 10.4. The Morgan fingerprint density at radius 1 is 1.23 bits per heavy atom. The summed E-state index contributed by atoms with van der Waals surface area (Å²) in [7, 11) is 1.49. The van der Waals surface area contributed by atoms with Gasteiger partial charge in [-0.25, -0.2) is 9.37 Å². The average Bonchev–Trinajstić information content (AvgIpc) is 3.15. The Bertz CT molecular complexity index is 913. The number of aromatic nitrogens is 1. The zero-order valence-corrected chi connectivity index (χ0v) is 15.1. The van der Waals surface area contributed by atoms with Gasteiger partial charge in [0.15, 0.2) is 11.5 Å². The highest BCUT2D eigenvalue weighted by atomic mass is 32.1. The standard InChI is InChI=1S/C19H17FN2O3S/c1-12-3-5-16(15(20)7-12)22-19(23)13-4-6-17(18(8-13)24-2)25-9-14-10-26-11-21-14/h3-8,10-11H,9H2,1-2H3,(H,22,23). The molecule has 26 heavy (non-hydrogen) atoms. The smallest absolute Gasteiger partial charge is 0.255 e. The molecule has 7 heteroatoms. The number of nitrogens with zero attached hydrogens (tertiary/aromatic N) is 1. The molecule has 2 aromatic carbocycles. The van der Waals surface area contributed by atoms with E-state index in [-0.39, 0.29) is 5.69 Å². The number of rotatable bonds is 6. The van der Waals surface area contributed by atoms with Crippen molar-refractivity contribution >= 4 is 22.9 Å². The van der Waals surface area contributed by atoms with Crippen LogP contribution in [0.5, 0.6) is 11.5 Å². The summed E-state index contributed by atoms with van der Waals surface area (Å²) in [5.74, 6) is 0.00135. The minimum absolute atomic E-state index is 0.128. The zero-order valence-electron chi connectivity index (χ0n) is 14.3. The monoisotopic (exact) mass is 372 g/mol. The molecule has 0 saturated heterocycles. The Labute approximate surface area is 154 Å². The van der Waals surface area contributed by atoms with Crippen LogP contribution in [0, 0.1) is 12.7 Å². The Balaban J connectivity index is 1.74. The highest BCUT2D eigenvalue weighted by Gasteiger charge is 2.13. The van der Waals surface area contributed by atoms with Crippen LogP contribution in [0.2, 0.25) is 0 Å². The lowest BCUT2D eigenvalue weighted by molar-refractivity contribution is 0.102. The van der Waals surface area contributed by atoms with E-state index in [1.54, 1.807) is 36.7 Å². The van der Waals surface area contributed by atoms with Crippen LogP contribution < -0.4 is 14.8 Å². The number of hydrogen-bond donors (Lipinski definition) is 1. The molecule has 134 valence electrons. The van der Waals surface area contributed by atoms with Crippen molar-refractivity contribution in [2.24, 2.45) is 0 Å². The quantitative estimate of drug-likeness (QED) is 0.695. The number of carbonyl (C=O) groups excluding carboxylic acids is 1. The largest absolute Gasteiger partial charge is 0.493 e. The molecule has 1 aromatic heterocycles. The number of carbonyl (C=O) groups is 1. The first kappa shape index (κ1) is 17.9. The van der Waals surface area contributed by atoms with E-state index >= 15 is 0 Å². The molecule has 0 unspecified atom stereocenters. The molecule has 0 aliphatic carbocycles. The summed E-state index contributed by atoms with van der Waals surface area (Å²) in [5.41, 5.74) is 3.79. The van der Waals surface area contributed by atoms with E-state index in [4.69, 9.17) is 9.47 Å². The van der Waals surface area contributed by atoms with Crippen molar-refractivity contribution in [3.8, 4) is 11.5 Å². The van der Waals surface area contributed by atoms with E-state index in [1.165, 1.54) is 30.6 Å². The Morgan fingerprint density at radius 2 is 2.08 bits per heavy atom. The lowest BCUT2D eigenvalue weighted by Crippen LogP contribution is -2.13. The fourth-order valence-electron chi connectivity index (χ4n) is 2.30. The summed E-state index contributed by atoms with van der Waals surface area (Å²) in [6.07, 6.45) is 0. The van der Waals surface area contributed by atoms with Crippen LogP contribution in [0.4, 0.5) is 10.1 Å². The third-order valence-electron chi connectivity index (χ3n) is 3.66. The van der Waals surface area contributed by atoms with Gasteiger partial charge in [0.05, 0.1) is 24.0 Å². The maximum Gasteiger partial charge on any atom is 0.255 e. The highest BCUT2D eigenvalue weighted by molar-refractivity contribution is 7.07. The summed E-state index contributed by atoms with van der Waals surface area (Å²) in [6.45, 7) is 2.09. The molecular weight excluding hydrogens is 355 g/mol. The number of methoxy groups -OCH3 is 1. The van der Waals surface area contributed by atoms with Crippen LogP contribution in [-0.2, 0) is 6.61 Å². The minimum atomic E-state index is -0.478. The van der Waals surface area contributed by atoms with E-state index < -0.39 is 11.7 Å². The predicted molar refractivity (Wildman–Crippen MR) is 98.5 cm³/mol. The number of benzene rings is 2. The van der Waals surface area contributed by atoms with Crippen molar-refractivity contribution < 1.29 is 18.7 Å². The number of nitrogens with one attached hydrogen (secondary N) is 1. The molecule has 1 heterocycles. The van der Waals surface area contributed by atoms with Gasteiger partial charge in [0.1, 0.15) is 12.4 Å². The van der Waals surface area contributed by atoms with Crippen LogP contribution in [0.3, 0.4) is 0 Å². The van der Waals surface area contributed by atoms with Gasteiger partial charge in [-0.2, -0.15) is 0 Å². The second kappa shape index (κ2) is 7.97. The van der Waals surface area contributed by atoms with Gasteiger partial charge in [-0.05, 0) is 42.8 Å². The number of ether oxygens (including phenoxy) is 2. The lowest BCUT2D eigenvalue weighted by atomic mass is 10.1. The Morgan fingerprint density at radius 3 is 2.77 bits per heavy atom. The minimum Gasteiger partial charge on any atom is -0.493 e. The third-order valence-corrected chi connectivity index (χ3v) is 4.29. The van der Waals surface area contributed by atoms with E-state index in [2.05, 4.69) is 10.3 Å². The van der Waals surface area contributed by atoms with Gasteiger partial charge in [0.25, 0.3) is 5.91 Å². The Kier molecular flexibility index (Phi) is 5.48. The molecule has 3 rings (SSSR count). The summed E-state index contributed by atoms with van der Waals surface area (Å²) in [4.78, 5) is 16.5. The molecular formula is C19H17FN2O3S. The maximum atomic E-state index is 13.9. The zero-order chi connectivity index (χ0) is 18.5. The third kappa shape index (κ3) is 4.18. The Hall–Kier alpha value is -2.93. The molecule has 0 aliphatic heterocycles. The van der Waals surface area contributed by atoms with Crippen LogP contribution in [0.15, 0.2) is 47.3 Å². The molecule has 0 saturated carbocycles. The van der Waals surface area contributed by atoms with Crippen LogP contribution in [-0.4, -0.2) is 18.0 Å². The molecule has 5 nitrogen and oxygen atoms in total. The molecule has 0 atom stereocenters. The molecule has 1 N–H and O–H groups in total. The van der Waals surface area contributed by atoms with Crippen molar-refractivity contribution in [2.45, 2.75) is 13.5 Å². The van der Waals surface area contributed by atoms with Crippen LogP contribution >= 0.6 is 11.3 Å². The first-order chi connectivity index (χ1) is 12.6. The van der Waals surface area contributed by atoms with Crippen molar-refractivity contribution in [1.82, 2.24) is 4.98 Å². The molecule has 0 fully saturated rings. The summed E-state index contributed by atoms with van der Waals surface area (Å²) < 4.78 is 24.9. The second-order valence-corrected chi connectivity index (χ2v) is 6.29. The van der Waals surface area contributed by atoms with Crippen LogP contribution in [0.25, 0.3) is 0 Å². The van der Waals surface area contributed by atoms with Gasteiger partial charge >= 0.3 is 0 Å². The summed E-state index contributed by atoms with van der Waals surface area (Å²) in [5, 5.41) is 4.45. The van der Waals surface area contributed by atoms with Crippen molar-refractivity contribution in [3.05, 3.63) is 69.9 Å². The van der Waals surface area contributed by atoms with Gasteiger partial charge in [-0.1, -0.05) is 6.07 Å². The number of aryl methyl sites for hydroxylation is 1. The molecule has 0 bridgehead atoms.